The minimum atomic E-state index is -0.432. The predicted molar refractivity (Wildman–Crippen MR) is 132 cm³/mol. The van der Waals surface area contributed by atoms with Gasteiger partial charge in [-0.1, -0.05) is 37.3 Å². The van der Waals surface area contributed by atoms with Gasteiger partial charge >= 0.3 is 5.97 Å². The molecule has 1 heterocycles. The highest BCUT2D eigenvalue weighted by Gasteiger charge is 2.23. The molecule has 5 nitrogen and oxygen atoms in total. The summed E-state index contributed by atoms with van der Waals surface area (Å²) in [6.07, 6.45) is 5.47. The largest absolute Gasteiger partial charge is 0.484 e. The zero-order chi connectivity index (χ0) is 23.2. The number of esters is 1. The summed E-state index contributed by atoms with van der Waals surface area (Å²) in [6, 6.07) is 14.1. The van der Waals surface area contributed by atoms with E-state index in [9.17, 15) is 9.59 Å². The Morgan fingerprint density at radius 3 is 2.64 bits per heavy atom. The summed E-state index contributed by atoms with van der Waals surface area (Å²) in [4.78, 5) is 25.5. The zero-order valence-corrected chi connectivity index (χ0v) is 19.9. The Bertz CT molecular complexity index is 1150. The van der Waals surface area contributed by atoms with Gasteiger partial charge in [0, 0.05) is 10.9 Å². The first-order valence-corrected chi connectivity index (χ1v) is 12.4. The van der Waals surface area contributed by atoms with E-state index < -0.39 is 5.97 Å². The van der Waals surface area contributed by atoms with Crippen LogP contribution in [0.15, 0.2) is 47.8 Å². The van der Waals surface area contributed by atoms with Crippen molar-refractivity contribution >= 4 is 28.2 Å². The third-order valence-corrected chi connectivity index (χ3v) is 6.76. The van der Waals surface area contributed by atoms with Gasteiger partial charge < -0.3 is 14.8 Å². The Morgan fingerprint density at radius 2 is 1.85 bits per heavy atom. The first-order valence-electron chi connectivity index (χ1n) is 11.5. The molecule has 0 radical (unpaired) electrons. The molecule has 1 amide bonds. The van der Waals surface area contributed by atoms with Crippen LogP contribution in [0.5, 0.6) is 5.75 Å². The molecule has 172 valence electrons. The molecule has 4 rings (SSSR count). The number of amides is 1. The number of aryl methyl sites for hydroxylation is 3. The van der Waals surface area contributed by atoms with Crippen LogP contribution < -0.4 is 10.1 Å². The molecule has 3 aromatic rings. The Balaban J connectivity index is 1.54. The maximum absolute atomic E-state index is 12.8. The van der Waals surface area contributed by atoms with E-state index >= 15 is 0 Å². The van der Waals surface area contributed by atoms with Crippen molar-refractivity contribution < 1.29 is 19.1 Å². The summed E-state index contributed by atoms with van der Waals surface area (Å²) in [5, 5.41) is 5.25. The monoisotopic (exact) mass is 463 g/mol. The molecule has 33 heavy (non-hydrogen) atoms. The molecule has 0 spiro atoms. The molecule has 2 aromatic carbocycles. The smallest absolute Gasteiger partial charge is 0.341 e. The van der Waals surface area contributed by atoms with Gasteiger partial charge in [0.1, 0.15) is 16.3 Å². The second-order valence-corrected chi connectivity index (χ2v) is 8.98. The summed E-state index contributed by atoms with van der Waals surface area (Å²) >= 11 is 1.33. The second-order valence-electron chi connectivity index (χ2n) is 8.10. The van der Waals surface area contributed by atoms with Crippen molar-refractivity contribution in [2.75, 3.05) is 18.5 Å². The van der Waals surface area contributed by atoms with E-state index in [4.69, 9.17) is 9.47 Å². The molecule has 0 bridgehead atoms. The maximum Gasteiger partial charge on any atom is 0.341 e. The Kier molecular flexibility index (Phi) is 7.45. The van der Waals surface area contributed by atoms with Crippen molar-refractivity contribution in [3.63, 3.8) is 0 Å². The van der Waals surface area contributed by atoms with E-state index in [0.717, 1.165) is 36.0 Å². The lowest BCUT2D eigenvalue weighted by atomic mass is 9.89. The number of ether oxygens (including phenoxy) is 2. The van der Waals surface area contributed by atoms with E-state index in [-0.39, 0.29) is 19.1 Å². The van der Waals surface area contributed by atoms with Gasteiger partial charge in [-0.15, -0.1) is 11.3 Å². The third kappa shape index (κ3) is 5.45. The van der Waals surface area contributed by atoms with Crippen molar-refractivity contribution in [2.24, 2.45) is 0 Å². The van der Waals surface area contributed by atoms with Crippen molar-refractivity contribution in [3.05, 3.63) is 70.1 Å². The number of thiophene rings is 1. The van der Waals surface area contributed by atoms with Crippen LogP contribution in [0.1, 0.15) is 53.7 Å². The first kappa shape index (κ1) is 23.1. The van der Waals surface area contributed by atoms with Crippen LogP contribution in [-0.2, 0) is 28.8 Å². The van der Waals surface area contributed by atoms with Gasteiger partial charge in [-0.3, -0.25) is 4.79 Å². The number of hydrogen-bond acceptors (Lipinski definition) is 5. The standard InChI is InChI=1S/C27H29NO4S/c1-3-18-8-7-11-22(14-18)32-16-24(29)28-26-25(27(30)31-4-2)23(17-33-26)21-13-12-19-9-5-6-10-20(19)15-21/h7-8,11-15,17H,3-6,9-10,16H2,1-2H3,(H,28,29). The van der Waals surface area contributed by atoms with Gasteiger partial charge in [0.05, 0.1) is 6.61 Å². The minimum Gasteiger partial charge on any atom is -0.484 e. The van der Waals surface area contributed by atoms with Crippen LogP contribution in [0.2, 0.25) is 0 Å². The Hall–Kier alpha value is -3.12. The highest BCUT2D eigenvalue weighted by atomic mass is 32.1. The summed E-state index contributed by atoms with van der Waals surface area (Å²) in [5.74, 6) is -0.101. The number of anilines is 1. The van der Waals surface area contributed by atoms with Crippen LogP contribution in [0.4, 0.5) is 5.00 Å². The SMILES string of the molecule is CCOC(=O)c1c(-c2ccc3c(c2)CCCC3)csc1NC(=O)COc1cccc(CC)c1. The molecule has 1 aliphatic rings. The van der Waals surface area contributed by atoms with Gasteiger partial charge in [0.25, 0.3) is 5.91 Å². The molecular formula is C27H29NO4S. The zero-order valence-electron chi connectivity index (χ0n) is 19.1. The molecule has 1 aromatic heterocycles. The summed E-state index contributed by atoms with van der Waals surface area (Å²) in [6.45, 7) is 3.98. The number of hydrogen-bond donors (Lipinski definition) is 1. The van der Waals surface area contributed by atoms with Gasteiger partial charge in [-0.25, -0.2) is 4.79 Å². The number of fused-ring (bicyclic) bond motifs is 1. The molecule has 0 saturated heterocycles. The average molecular weight is 464 g/mol. The fourth-order valence-electron chi connectivity index (χ4n) is 4.14. The molecular weight excluding hydrogens is 434 g/mol. The van der Waals surface area contributed by atoms with Crippen LogP contribution in [0.25, 0.3) is 11.1 Å². The highest BCUT2D eigenvalue weighted by molar-refractivity contribution is 7.15. The number of nitrogens with one attached hydrogen (secondary N) is 1. The lowest BCUT2D eigenvalue weighted by Gasteiger charge is -2.17. The number of rotatable bonds is 8. The van der Waals surface area contributed by atoms with Gasteiger partial charge in [0.2, 0.25) is 0 Å². The van der Waals surface area contributed by atoms with E-state index in [0.29, 0.717) is 16.3 Å². The van der Waals surface area contributed by atoms with Gasteiger partial charge in [-0.05, 0) is 73.4 Å². The van der Waals surface area contributed by atoms with Crippen molar-refractivity contribution in [3.8, 4) is 16.9 Å². The maximum atomic E-state index is 12.8. The topological polar surface area (TPSA) is 64.6 Å². The quantitative estimate of drug-likeness (QED) is 0.413. The molecule has 0 saturated carbocycles. The molecule has 1 aliphatic carbocycles. The number of benzene rings is 2. The van der Waals surface area contributed by atoms with Crippen molar-refractivity contribution in [1.82, 2.24) is 0 Å². The first-order chi connectivity index (χ1) is 16.1. The average Bonchev–Trinajstić information content (AvgIpc) is 3.26. The number of carbonyl (C=O) groups is 2. The highest BCUT2D eigenvalue weighted by Crippen LogP contribution is 2.37. The molecule has 6 heteroatoms. The lowest BCUT2D eigenvalue weighted by molar-refractivity contribution is -0.118. The van der Waals surface area contributed by atoms with Crippen molar-refractivity contribution in [2.45, 2.75) is 46.0 Å². The van der Waals surface area contributed by atoms with Gasteiger partial charge in [-0.2, -0.15) is 0 Å². The minimum absolute atomic E-state index is 0.137. The van der Waals surface area contributed by atoms with Crippen molar-refractivity contribution in [1.29, 1.82) is 0 Å². The van der Waals surface area contributed by atoms with Crippen LogP contribution in [-0.4, -0.2) is 25.1 Å². The molecule has 0 atom stereocenters. The summed E-state index contributed by atoms with van der Waals surface area (Å²) < 4.78 is 11.0. The van der Waals surface area contributed by atoms with Gasteiger partial charge in [0.15, 0.2) is 6.61 Å². The van der Waals surface area contributed by atoms with E-state index in [1.807, 2.05) is 29.6 Å². The van der Waals surface area contributed by atoms with Crippen LogP contribution >= 0.6 is 11.3 Å². The fraction of sp³-hybridized carbons (Fsp3) is 0.333. The molecule has 0 unspecified atom stereocenters. The fourth-order valence-corrected chi connectivity index (χ4v) is 5.11. The summed E-state index contributed by atoms with van der Waals surface area (Å²) in [5.41, 5.74) is 6.04. The molecule has 0 aliphatic heterocycles. The third-order valence-electron chi connectivity index (χ3n) is 5.86. The molecule has 0 fully saturated rings. The lowest BCUT2D eigenvalue weighted by Crippen LogP contribution is -2.21. The predicted octanol–water partition coefficient (Wildman–Crippen LogP) is 6.05. The summed E-state index contributed by atoms with van der Waals surface area (Å²) in [7, 11) is 0. The Morgan fingerprint density at radius 1 is 1.03 bits per heavy atom. The van der Waals surface area contributed by atoms with Crippen LogP contribution in [0, 0.1) is 0 Å². The van der Waals surface area contributed by atoms with E-state index in [1.165, 1.54) is 35.3 Å². The normalized spacial score (nSPS) is 12.7. The number of carbonyl (C=O) groups excluding carboxylic acids is 2. The second kappa shape index (κ2) is 10.7. The molecule has 1 N–H and O–H groups in total. The van der Waals surface area contributed by atoms with Crippen LogP contribution in [0.3, 0.4) is 0 Å². The van der Waals surface area contributed by atoms with E-state index in [1.54, 1.807) is 6.92 Å². The van der Waals surface area contributed by atoms with E-state index in [2.05, 4.69) is 30.4 Å². The Labute approximate surface area is 198 Å².